The van der Waals surface area contributed by atoms with Crippen LogP contribution in [-0.4, -0.2) is 13.9 Å². The van der Waals surface area contributed by atoms with Gasteiger partial charge in [-0.3, -0.25) is 8.78 Å². The molecule has 0 spiro atoms. The van der Waals surface area contributed by atoms with Crippen molar-refractivity contribution in [1.29, 1.82) is 0 Å². The van der Waals surface area contributed by atoms with Crippen LogP contribution in [0.3, 0.4) is 0 Å². The van der Waals surface area contributed by atoms with Crippen molar-refractivity contribution in [3.63, 3.8) is 0 Å². The molecule has 0 bridgehead atoms. The van der Waals surface area contributed by atoms with Crippen molar-refractivity contribution in [3.05, 3.63) is 35.9 Å². The summed E-state index contributed by atoms with van der Waals surface area (Å²) in [5.74, 6) is 0. The zero-order valence-electron chi connectivity index (χ0n) is 7.85. The van der Waals surface area contributed by atoms with Crippen LogP contribution in [0.2, 0.25) is 0 Å². The van der Waals surface area contributed by atoms with Crippen molar-refractivity contribution in [2.75, 3.05) is 13.9 Å². The molecule has 0 aliphatic carbocycles. The SMILES string of the molecule is CCF.CF.Cc1ccccc1. The summed E-state index contributed by atoms with van der Waals surface area (Å²) in [5.41, 5.74) is 1.32. The van der Waals surface area contributed by atoms with Gasteiger partial charge in [-0.1, -0.05) is 35.9 Å². The van der Waals surface area contributed by atoms with E-state index in [4.69, 9.17) is 0 Å². The summed E-state index contributed by atoms with van der Waals surface area (Å²) in [6.45, 7) is 3.29. The minimum atomic E-state index is -0.250. The number of halogens is 2. The maximum Gasteiger partial charge on any atom is 0.0866 e. The molecule has 0 amide bonds. The van der Waals surface area contributed by atoms with Gasteiger partial charge in [-0.05, 0) is 13.8 Å². The Labute approximate surface area is 73.2 Å². The molecule has 12 heavy (non-hydrogen) atoms. The van der Waals surface area contributed by atoms with Gasteiger partial charge in [-0.2, -0.15) is 0 Å². The summed E-state index contributed by atoms with van der Waals surface area (Å²) >= 11 is 0. The van der Waals surface area contributed by atoms with Gasteiger partial charge in [0.05, 0.1) is 13.9 Å². The molecule has 0 aliphatic heterocycles. The molecular formula is C10H16F2. The van der Waals surface area contributed by atoms with Crippen LogP contribution in [0.4, 0.5) is 8.78 Å². The highest BCUT2D eigenvalue weighted by atomic mass is 19.1. The molecule has 0 radical (unpaired) electrons. The molecule has 1 rings (SSSR count). The molecule has 1 aromatic carbocycles. The lowest BCUT2D eigenvalue weighted by Gasteiger charge is -1.82. The summed E-state index contributed by atoms with van der Waals surface area (Å²) in [6, 6.07) is 10.3. The van der Waals surface area contributed by atoms with Gasteiger partial charge in [0.25, 0.3) is 0 Å². The average molecular weight is 174 g/mol. The summed E-state index contributed by atoms with van der Waals surface area (Å²) in [7, 11) is 0.500. The Kier molecular flexibility index (Phi) is 14.5. The molecule has 0 N–H and O–H groups in total. The predicted octanol–water partition coefficient (Wildman–Crippen LogP) is 3.56. The monoisotopic (exact) mass is 174 g/mol. The van der Waals surface area contributed by atoms with Crippen LogP contribution in [0.5, 0.6) is 0 Å². The Balaban J connectivity index is 0. The molecule has 70 valence electrons. The molecule has 0 fully saturated rings. The zero-order valence-corrected chi connectivity index (χ0v) is 7.85. The van der Waals surface area contributed by atoms with E-state index >= 15 is 0 Å². The van der Waals surface area contributed by atoms with Gasteiger partial charge in [0, 0.05) is 0 Å². The van der Waals surface area contributed by atoms with Crippen molar-refractivity contribution < 1.29 is 8.78 Å². The topological polar surface area (TPSA) is 0 Å². The molecule has 0 atom stereocenters. The first kappa shape index (κ1) is 13.7. The highest BCUT2D eigenvalue weighted by Crippen LogP contribution is 1.92. The second kappa shape index (κ2) is 12.7. The maximum absolute atomic E-state index is 10.3. The van der Waals surface area contributed by atoms with Crippen LogP contribution in [0.25, 0.3) is 0 Å². The van der Waals surface area contributed by atoms with Gasteiger partial charge in [0.2, 0.25) is 0 Å². The molecule has 1 aromatic rings. The van der Waals surface area contributed by atoms with Crippen LogP contribution in [0.15, 0.2) is 30.3 Å². The van der Waals surface area contributed by atoms with E-state index in [9.17, 15) is 8.78 Å². The zero-order chi connectivity index (χ0) is 9.82. The third-order valence-corrected chi connectivity index (χ3v) is 0.940. The minimum absolute atomic E-state index is 0.250. The van der Waals surface area contributed by atoms with Gasteiger partial charge < -0.3 is 0 Å². The van der Waals surface area contributed by atoms with Gasteiger partial charge in [0.15, 0.2) is 0 Å². The Hall–Kier alpha value is -0.920. The summed E-state index contributed by atoms with van der Waals surface area (Å²) in [5, 5.41) is 0. The summed E-state index contributed by atoms with van der Waals surface area (Å²) in [6.07, 6.45) is 0. The van der Waals surface area contributed by atoms with Crippen molar-refractivity contribution >= 4 is 0 Å². The molecule has 0 nitrogen and oxygen atoms in total. The maximum atomic E-state index is 10.3. The Morgan fingerprint density at radius 1 is 1.08 bits per heavy atom. The number of hydrogen-bond acceptors (Lipinski definition) is 0. The van der Waals surface area contributed by atoms with E-state index in [1.807, 2.05) is 18.2 Å². The Bertz CT molecular complexity index is 149. The highest BCUT2D eigenvalue weighted by Gasteiger charge is 1.72. The summed E-state index contributed by atoms with van der Waals surface area (Å²) in [4.78, 5) is 0. The third-order valence-electron chi connectivity index (χ3n) is 0.940. The quantitative estimate of drug-likeness (QED) is 0.564. The third kappa shape index (κ3) is 11.8. The van der Waals surface area contributed by atoms with Gasteiger partial charge >= 0.3 is 0 Å². The van der Waals surface area contributed by atoms with Gasteiger partial charge in [-0.15, -0.1) is 0 Å². The second-order valence-corrected chi connectivity index (χ2v) is 1.92. The van der Waals surface area contributed by atoms with E-state index in [-0.39, 0.29) is 6.67 Å². The average Bonchev–Trinajstić information content (AvgIpc) is 2.11. The first-order chi connectivity index (χ1) is 5.81. The smallest absolute Gasteiger partial charge is 0.0866 e. The molecule has 0 unspecified atom stereocenters. The molecule has 2 heteroatoms. The number of hydrogen-bond donors (Lipinski definition) is 0. The van der Waals surface area contributed by atoms with E-state index in [1.54, 1.807) is 0 Å². The fraction of sp³-hybridized carbons (Fsp3) is 0.400. The normalized spacial score (nSPS) is 7.08. The first-order valence-corrected chi connectivity index (χ1v) is 3.76. The van der Waals surface area contributed by atoms with Crippen LogP contribution in [-0.2, 0) is 0 Å². The largest absolute Gasteiger partial charge is 0.255 e. The lowest BCUT2D eigenvalue weighted by atomic mass is 10.2. The van der Waals surface area contributed by atoms with Crippen LogP contribution in [0, 0.1) is 6.92 Å². The van der Waals surface area contributed by atoms with Crippen molar-refractivity contribution in [3.8, 4) is 0 Å². The second-order valence-electron chi connectivity index (χ2n) is 1.92. The lowest BCUT2D eigenvalue weighted by Crippen LogP contribution is -1.62. The molecule has 0 heterocycles. The predicted molar refractivity (Wildman–Crippen MR) is 49.9 cm³/mol. The molecule has 0 aliphatic rings. The number of rotatable bonds is 0. The Morgan fingerprint density at radius 2 is 1.42 bits per heavy atom. The fourth-order valence-electron chi connectivity index (χ4n) is 0.534. The van der Waals surface area contributed by atoms with Crippen molar-refractivity contribution in [2.24, 2.45) is 0 Å². The Morgan fingerprint density at radius 3 is 1.58 bits per heavy atom. The molecule has 0 saturated carbocycles. The lowest BCUT2D eigenvalue weighted by molar-refractivity contribution is 0.527. The van der Waals surface area contributed by atoms with Gasteiger partial charge in [-0.25, -0.2) is 0 Å². The summed E-state index contributed by atoms with van der Waals surface area (Å²) < 4.78 is 19.8. The minimum Gasteiger partial charge on any atom is -0.255 e. The number of benzene rings is 1. The molecule has 0 aromatic heterocycles. The van der Waals surface area contributed by atoms with E-state index in [0.717, 1.165) is 0 Å². The van der Waals surface area contributed by atoms with Gasteiger partial charge in [0.1, 0.15) is 0 Å². The molecular weight excluding hydrogens is 158 g/mol. The van der Waals surface area contributed by atoms with E-state index in [2.05, 4.69) is 19.1 Å². The number of aryl methyl sites for hydroxylation is 1. The van der Waals surface area contributed by atoms with Crippen molar-refractivity contribution in [2.45, 2.75) is 13.8 Å². The van der Waals surface area contributed by atoms with Crippen LogP contribution < -0.4 is 0 Å². The van der Waals surface area contributed by atoms with Crippen LogP contribution >= 0.6 is 0 Å². The molecule has 0 saturated heterocycles. The first-order valence-electron chi connectivity index (χ1n) is 3.76. The number of alkyl halides is 2. The highest BCUT2D eigenvalue weighted by molar-refractivity contribution is 5.11. The van der Waals surface area contributed by atoms with Crippen molar-refractivity contribution in [1.82, 2.24) is 0 Å². The van der Waals surface area contributed by atoms with Crippen LogP contribution in [0.1, 0.15) is 12.5 Å². The van der Waals surface area contributed by atoms with E-state index in [1.165, 1.54) is 12.5 Å². The fourth-order valence-corrected chi connectivity index (χ4v) is 0.534. The van der Waals surface area contributed by atoms with E-state index in [0.29, 0.717) is 7.18 Å². The van der Waals surface area contributed by atoms with E-state index < -0.39 is 0 Å². The standard InChI is InChI=1S/C7H8.C2H5F.CH3F/c1-7-5-3-2-4-6-7;1-2-3;1-2/h2-6H,1H3;2H2,1H3;1H3.